The van der Waals surface area contributed by atoms with Crippen molar-refractivity contribution in [2.75, 3.05) is 6.54 Å². The molecule has 3 rings (SSSR count). The molecule has 108 valence electrons. The zero-order valence-electron chi connectivity index (χ0n) is 11.5. The van der Waals surface area contributed by atoms with Crippen molar-refractivity contribution >= 4 is 5.97 Å². The summed E-state index contributed by atoms with van der Waals surface area (Å²) in [5.41, 5.74) is 2.94. The Hall–Kier alpha value is -2.20. The van der Waals surface area contributed by atoms with Gasteiger partial charge in [0.25, 0.3) is 0 Å². The van der Waals surface area contributed by atoms with E-state index in [0.717, 1.165) is 23.2 Å². The Bertz CT molecular complexity index is 654. The van der Waals surface area contributed by atoms with Gasteiger partial charge in [-0.25, -0.2) is 4.39 Å². The van der Waals surface area contributed by atoms with Gasteiger partial charge in [0.05, 0.1) is 5.92 Å². The number of aliphatic carboxylic acids is 1. The molecule has 0 saturated carbocycles. The van der Waals surface area contributed by atoms with Gasteiger partial charge in [-0.15, -0.1) is 0 Å². The second-order valence-electron chi connectivity index (χ2n) is 5.39. The number of nitrogens with zero attached hydrogens (tertiary/aromatic N) is 1. The van der Waals surface area contributed by atoms with Crippen LogP contribution in [0.3, 0.4) is 0 Å². The van der Waals surface area contributed by atoms with E-state index >= 15 is 0 Å². The molecule has 2 aromatic carbocycles. The zero-order valence-corrected chi connectivity index (χ0v) is 11.5. The predicted octanol–water partition coefficient (Wildman–Crippen LogP) is 3.01. The number of hydrogen-bond acceptors (Lipinski definition) is 2. The first-order chi connectivity index (χ1) is 10.1. The van der Waals surface area contributed by atoms with Gasteiger partial charge in [-0.05, 0) is 28.8 Å². The Morgan fingerprint density at radius 3 is 2.62 bits per heavy atom. The van der Waals surface area contributed by atoms with Crippen molar-refractivity contribution in [3.8, 4) is 0 Å². The van der Waals surface area contributed by atoms with Crippen molar-refractivity contribution in [3.63, 3.8) is 0 Å². The molecule has 0 saturated heterocycles. The molecule has 0 aliphatic carbocycles. The average molecular weight is 285 g/mol. The summed E-state index contributed by atoms with van der Waals surface area (Å²) in [5, 5.41) is 9.43. The van der Waals surface area contributed by atoms with Crippen LogP contribution >= 0.6 is 0 Å². The highest BCUT2D eigenvalue weighted by molar-refractivity contribution is 5.77. The third-order valence-electron chi connectivity index (χ3n) is 3.88. The zero-order chi connectivity index (χ0) is 14.8. The lowest BCUT2D eigenvalue weighted by atomic mass is 9.89. The molecule has 0 spiro atoms. The van der Waals surface area contributed by atoms with E-state index in [2.05, 4.69) is 4.90 Å². The summed E-state index contributed by atoms with van der Waals surface area (Å²) in [5.74, 6) is -1.56. The lowest BCUT2D eigenvalue weighted by Gasteiger charge is -2.32. The number of carboxylic acid groups (broad SMARTS) is 1. The molecule has 21 heavy (non-hydrogen) atoms. The Morgan fingerprint density at radius 1 is 1.19 bits per heavy atom. The van der Waals surface area contributed by atoms with Gasteiger partial charge in [-0.2, -0.15) is 0 Å². The maximum atomic E-state index is 12.9. The molecular weight excluding hydrogens is 269 g/mol. The van der Waals surface area contributed by atoms with E-state index in [0.29, 0.717) is 13.1 Å². The minimum atomic E-state index is -0.800. The third-order valence-corrected chi connectivity index (χ3v) is 3.88. The summed E-state index contributed by atoms with van der Waals surface area (Å²) >= 11 is 0. The lowest BCUT2D eigenvalue weighted by molar-refractivity contribution is -0.139. The van der Waals surface area contributed by atoms with Crippen LogP contribution in [0.25, 0.3) is 0 Å². The minimum Gasteiger partial charge on any atom is -0.481 e. The van der Waals surface area contributed by atoms with E-state index in [-0.39, 0.29) is 5.82 Å². The van der Waals surface area contributed by atoms with Crippen LogP contribution in [-0.4, -0.2) is 22.5 Å². The van der Waals surface area contributed by atoms with E-state index in [1.165, 1.54) is 12.1 Å². The van der Waals surface area contributed by atoms with Crippen molar-refractivity contribution in [1.82, 2.24) is 4.90 Å². The molecule has 1 aliphatic rings. The Morgan fingerprint density at radius 2 is 1.90 bits per heavy atom. The van der Waals surface area contributed by atoms with E-state index in [1.807, 2.05) is 24.3 Å². The molecule has 1 N–H and O–H groups in total. The molecule has 0 bridgehead atoms. The van der Waals surface area contributed by atoms with Crippen LogP contribution in [-0.2, 0) is 17.9 Å². The second kappa shape index (κ2) is 5.66. The fraction of sp³-hybridized carbons (Fsp3) is 0.235. The van der Waals surface area contributed by atoms with Crippen LogP contribution in [0.2, 0.25) is 0 Å². The van der Waals surface area contributed by atoms with E-state index in [4.69, 9.17) is 0 Å². The monoisotopic (exact) mass is 285 g/mol. The maximum absolute atomic E-state index is 12.9. The molecule has 2 aromatic rings. The highest BCUT2D eigenvalue weighted by Gasteiger charge is 2.29. The molecule has 0 fully saturated rings. The fourth-order valence-corrected chi connectivity index (χ4v) is 2.86. The van der Waals surface area contributed by atoms with E-state index < -0.39 is 11.9 Å². The van der Waals surface area contributed by atoms with Crippen molar-refractivity contribution in [2.24, 2.45) is 0 Å². The maximum Gasteiger partial charge on any atom is 0.312 e. The topological polar surface area (TPSA) is 40.5 Å². The van der Waals surface area contributed by atoms with Gasteiger partial charge in [0.15, 0.2) is 0 Å². The summed E-state index contributed by atoms with van der Waals surface area (Å²) < 4.78 is 12.9. The molecule has 0 radical (unpaired) electrons. The Labute approximate surface area is 122 Å². The summed E-state index contributed by atoms with van der Waals surface area (Å²) in [7, 11) is 0. The van der Waals surface area contributed by atoms with Gasteiger partial charge >= 0.3 is 5.97 Å². The van der Waals surface area contributed by atoms with Crippen molar-refractivity contribution in [1.29, 1.82) is 0 Å². The van der Waals surface area contributed by atoms with Crippen molar-refractivity contribution in [3.05, 3.63) is 71.0 Å². The lowest BCUT2D eigenvalue weighted by Crippen LogP contribution is -2.36. The molecule has 3 nitrogen and oxygen atoms in total. The smallest absolute Gasteiger partial charge is 0.312 e. The summed E-state index contributed by atoms with van der Waals surface area (Å²) in [6.45, 7) is 1.82. The number of halogens is 1. The number of rotatable bonds is 3. The first-order valence-corrected chi connectivity index (χ1v) is 6.91. The van der Waals surface area contributed by atoms with Gasteiger partial charge in [0, 0.05) is 19.6 Å². The number of carboxylic acids is 1. The first-order valence-electron chi connectivity index (χ1n) is 6.91. The normalized spacial score (nSPS) is 18.2. The van der Waals surface area contributed by atoms with Crippen LogP contribution in [0, 0.1) is 5.82 Å². The summed E-state index contributed by atoms with van der Waals surface area (Å²) in [6, 6.07) is 14.0. The molecule has 4 heteroatoms. The van der Waals surface area contributed by atoms with E-state index in [1.54, 1.807) is 12.1 Å². The number of carbonyl (C=O) groups is 1. The molecule has 0 aromatic heterocycles. The molecule has 1 aliphatic heterocycles. The quantitative estimate of drug-likeness (QED) is 0.942. The second-order valence-corrected chi connectivity index (χ2v) is 5.39. The summed E-state index contributed by atoms with van der Waals surface area (Å²) in [4.78, 5) is 13.6. The van der Waals surface area contributed by atoms with Crippen molar-refractivity contribution < 1.29 is 14.3 Å². The van der Waals surface area contributed by atoms with Crippen molar-refractivity contribution in [2.45, 2.75) is 19.0 Å². The van der Waals surface area contributed by atoms with Crippen LogP contribution < -0.4 is 0 Å². The van der Waals surface area contributed by atoms with Gasteiger partial charge in [-0.1, -0.05) is 36.4 Å². The van der Waals surface area contributed by atoms with Crippen LogP contribution in [0.4, 0.5) is 4.39 Å². The largest absolute Gasteiger partial charge is 0.481 e. The van der Waals surface area contributed by atoms with Gasteiger partial charge in [-0.3, -0.25) is 9.69 Å². The SMILES string of the molecule is O=C(O)C1CN(Cc2ccc(F)cc2)Cc2ccccc21. The molecule has 0 amide bonds. The standard InChI is InChI=1S/C17H16FNO2/c18-14-7-5-12(6-8-14)9-19-10-13-3-1-2-4-15(13)16(11-19)17(20)21/h1-8,16H,9-11H2,(H,20,21). The third kappa shape index (κ3) is 2.95. The van der Waals surface area contributed by atoms with Crippen LogP contribution in [0.15, 0.2) is 48.5 Å². The molecule has 1 unspecified atom stereocenters. The van der Waals surface area contributed by atoms with Gasteiger partial charge in [0.1, 0.15) is 5.82 Å². The summed E-state index contributed by atoms with van der Waals surface area (Å²) in [6.07, 6.45) is 0. The average Bonchev–Trinajstić information content (AvgIpc) is 2.48. The number of fused-ring (bicyclic) bond motifs is 1. The number of benzene rings is 2. The Kier molecular flexibility index (Phi) is 3.71. The highest BCUT2D eigenvalue weighted by Crippen LogP contribution is 2.29. The molecule has 1 heterocycles. The molecular formula is C17H16FNO2. The predicted molar refractivity (Wildman–Crippen MR) is 77.3 cm³/mol. The van der Waals surface area contributed by atoms with Crippen LogP contribution in [0.1, 0.15) is 22.6 Å². The minimum absolute atomic E-state index is 0.258. The highest BCUT2D eigenvalue weighted by atomic mass is 19.1. The first kappa shape index (κ1) is 13.8. The number of hydrogen-bond donors (Lipinski definition) is 1. The fourth-order valence-electron chi connectivity index (χ4n) is 2.86. The van der Waals surface area contributed by atoms with E-state index in [9.17, 15) is 14.3 Å². The molecule has 1 atom stereocenters. The van der Waals surface area contributed by atoms with Gasteiger partial charge in [0.2, 0.25) is 0 Å². The Balaban J connectivity index is 1.83. The van der Waals surface area contributed by atoms with Crippen LogP contribution in [0.5, 0.6) is 0 Å². The van der Waals surface area contributed by atoms with Gasteiger partial charge < -0.3 is 5.11 Å².